The van der Waals surface area contributed by atoms with E-state index in [9.17, 15) is 14.9 Å². The Bertz CT molecular complexity index is 776. The summed E-state index contributed by atoms with van der Waals surface area (Å²) in [5, 5.41) is 15.3. The molecule has 26 heavy (non-hydrogen) atoms. The first-order valence-corrected chi connectivity index (χ1v) is 10.0. The Morgan fingerprint density at radius 1 is 1.35 bits per heavy atom. The fourth-order valence-electron chi connectivity index (χ4n) is 2.58. The lowest BCUT2D eigenvalue weighted by Crippen LogP contribution is -2.28. The Morgan fingerprint density at radius 3 is 2.65 bits per heavy atom. The van der Waals surface area contributed by atoms with Gasteiger partial charge >= 0.3 is 11.9 Å². The highest BCUT2D eigenvalue weighted by atomic mass is 32.2. The number of nitriles is 1. The van der Waals surface area contributed by atoms with Crippen LogP contribution >= 0.6 is 23.1 Å². The molecule has 1 aliphatic rings. The van der Waals surface area contributed by atoms with Crippen molar-refractivity contribution in [1.82, 2.24) is 5.32 Å². The Kier molecular flexibility index (Phi) is 7.30. The van der Waals surface area contributed by atoms with Crippen molar-refractivity contribution in [3.63, 3.8) is 0 Å². The Balaban J connectivity index is 2.41. The van der Waals surface area contributed by atoms with Crippen molar-refractivity contribution in [3.8, 4) is 6.07 Å². The van der Waals surface area contributed by atoms with E-state index in [-0.39, 0.29) is 18.3 Å². The molecule has 1 aliphatic heterocycles. The highest BCUT2D eigenvalue weighted by Crippen LogP contribution is 2.42. The van der Waals surface area contributed by atoms with Crippen molar-refractivity contribution >= 4 is 35.0 Å². The number of nitrogens with one attached hydrogen (secondary N) is 1. The molecule has 1 aromatic rings. The molecular weight excluding hydrogens is 372 g/mol. The van der Waals surface area contributed by atoms with Crippen LogP contribution in [0.4, 0.5) is 0 Å². The third-order valence-corrected chi connectivity index (χ3v) is 5.54. The van der Waals surface area contributed by atoms with E-state index in [1.54, 1.807) is 20.8 Å². The maximum absolute atomic E-state index is 12.5. The summed E-state index contributed by atoms with van der Waals surface area (Å²) in [5.74, 6) is -1.22. The van der Waals surface area contributed by atoms with Crippen LogP contribution in [0.25, 0.3) is 0 Å². The van der Waals surface area contributed by atoms with Gasteiger partial charge < -0.3 is 14.8 Å². The zero-order valence-electron chi connectivity index (χ0n) is 14.8. The van der Waals surface area contributed by atoms with Crippen LogP contribution in [0, 0.1) is 11.3 Å². The number of hydrogen-bond acceptors (Lipinski definition) is 8. The van der Waals surface area contributed by atoms with Gasteiger partial charge in [-0.2, -0.15) is 5.26 Å². The number of hydrogen-bond donors (Lipinski definition) is 1. The van der Waals surface area contributed by atoms with E-state index in [1.807, 2.05) is 17.5 Å². The van der Waals surface area contributed by atoms with E-state index in [1.165, 1.54) is 23.1 Å². The second kappa shape index (κ2) is 9.46. The smallest absolute Gasteiger partial charge is 0.336 e. The van der Waals surface area contributed by atoms with Gasteiger partial charge in [0, 0.05) is 10.6 Å². The summed E-state index contributed by atoms with van der Waals surface area (Å²) >= 11 is 2.67. The van der Waals surface area contributed by atoms with Gasteiger partial charge in [0.15, 0.2) is 0 Å². The number of nitrogens with zero attached hydrogens (tertiary/aromatic N) is 1. The Labute approximate surface area is 160 Å². The second-order valence-corrected chi connectivity index (χ2v) is 7.25. The molecule has 1 aromatic heterocycles. The number of thioether (sulfide) groups is 1. The fraction of sp³-hybridized carbons (Fsp3) is 0.389. The molecule has 0 fully saturated rings. The first kappa shape index (κ1) is 20.1. The number of rotatable bonds is 7. The Hall–Kier alpha value is -2.24. The van der Waals surface area contributed by atoms with Gasteiger partial charge in [-0.1, -0.05) is 17.8 Å². The van der Waals surface area contributed by atoms with Gasteiger partial charge in [0.25, 0.3) is 0 Å². The molecule has 2 rings (SSSR count). The van der Waals surface area contributed by atoms with Crippen LogP contribution in [0.2, 0.25) is 0 Å². The summed E-state index contributed by atoms with van der Waals surface area (Å²) in [6, 6.07) is 5.97. The minimum atomic E-state index is -0.509. The summed E-state index contributed by atoms with van der Waals surface area (Å²) in [4.78, 5) is 25.0. The summed E-state index contributed by atoms with van der Waals surface area (Å²) in [6.45, 7) is 5.81. The molecule has 2 heterocycles. The van der Waals surface area contributed by atoms with Crippen LogP contribution in [0.15, 0.2) is 39.4 Å². The van der Waals surface area contributed by atoms with Crippen LogP contribution in [-0.4, -0.2) is 30.9 Å². The number of dihydropyridines is 1. The first-order valence-electron chi connectivity index (χ1n) is 8.14. The van der Waals surface area contributed by atoms with E-state index < -0.39 is 11.9 Å². The van der Waals surface area contributed by atoms with Crippen LogP contribution in [0.1, 0.15) is 31.6 Å². The van der Waals surface area contributed by atoms with Crippen molar-refractivity contribution < 1.29 is 19.1 Å². The lowest BCUT2D eigenvalue weighted by Gasteiger charge is -2.28. The van der Waals surface area contributed by atoms with Crippen molar-refractivity contribution in [2.24, 2.45) is 0 Å². The molecule has 0 saturated carbocycles. The highest BCUT2D eigenvalue weighted by Gasteiger charge is 2.36. The monoisotopic (exact) mass is 392 g/mol. The molecule has 0 radical (unpaired) electrons. The molecule has 1 N–H and O–H groups in total. The zero-order valence-corrected chi connectivity index (χ0v) is 16.5. The summed E-state index contributed by atoms with van der Waals surface area (Å²) in [7, 11) is 0. The van der Waals surface area contributed by atoms with Gasteiger partial charge in [0.1, 0.15) is 0 Å². The SMILES string of the molecule is CCOC(=O)CSC1=C(C#N)C(c2cccs2)C(C(=O)OCC)=C(C)N1. The first-order chi connectivity index (χ1) is 12.5. The van der Waals surface area contributed by atoms with Gasteiger partial charge in [0.2, 0.25) is 0 Å². The van der Waals surface area contributed by atoms with Crippen molar-refractivity contribution in [2.75, 3.05) is 19.0 Å². The van der Waals surface area contributed by atoms with Gasteiger partial charge in [-0.05, 0) is 32.2 Å². The second-order valence-electron chi connectivity index (χ2n) is 5.28. The number of carbonyl (C=O) groups is 2. The Morgan fingerprint density at radius 2 is 2.08 bits per heavy atom. The molecule has 6 nitrogen and oxygen atoms in total. The molecule has 8 heteroatoms. The van der Waals surface area contributed by atoms with Gasteiger partial charge in [-0.15, -0.1) is 11.3 Å². The standard InChI is InChI=1S/C18H20N2O4S2/c1-4-23-14(21)10-26-17-12(9-19)16(13-7-6-8-25-13)15(11(3)20-17)18(22)24-5-2/h6-8,16,20H,4-5,10H2,1-3H3. The molecule has 0 aromatic carbocycles. The van der Waals surface area contributed by atoms with E-state index in [4.69, 9.17) is 9.47 Å². The normalized spacial score (nSPS) is 16.8. The molecule has 0 bridgehead atoms. The molecule has 138 valence electrons. The fourth-order valence-corrected chi connectivity index (χ4v) is 4.31. The topological polar surface area (TPSA) is 88.4 Å². The third-order valence-electron chi connectivity index (χ3n) is 3.61. The summed E-state index contributed by atoms with van der Waals surface area (Å²) < 4.78 is 10.1. The largest absolute Gasteiger partial charge is 0.465 e. The quantitative estimate of drug-likeness (QED) is 0.712. The molecular formula is C18H20N2O4S2. The van der Waals surface area contributed by atoms with Crippen molar-refractivity contribution in [1.29, 1.82) is 5.26 Å². The molecule has 0 saturated heterocycles. The average molecular weight is 393 g/mol. The molecule has 1 atom stereocenters. The molecule has 0 spiro atoms. The van der Waals surface area contributed by atoms with Crippen LogP contribution < -0.4 is 5.32 Å². The van der Waals surface area contributed by atoms with E-state index in [0.29, 0.717) is 28.5 Å². The number of esters is 2. The maximum Gasteiger partial charge on any atom is 0.336 e. The summed E-state index contributed by atoms with van der Waals surface area (Å²) in [6.07, 6.45) is 0. The number of carbonyl (C=O) groups excluding carboxylic acids is 2. The highest BCUT2D eigenvalue weighted by molar-refractivity contribution is 8.03. The number of thiophene rings is 1. The minimum Gasteiger partial charge on any atom is -0.465 e. The average Bonchev–Trinajstić information content (AvgIpc) is 3.13. The molecule has 0 amide bonds. The molecule has 1 unspecified atom stereocenters. The van der Waals surface area contributed by atoms with Gasteiger partial charge in [-0.3, -0.25) is 4.79 Å². The number of ether oxygens (including phenoxy) is 2. The third kappa shape index (κ3) is 4.48. The lowest BCUT2D eigenvalue weighted by atomic mass is 9.87. The minimum absolute atomic E-state index is 0.0839. The predicted molar refractivity (Wildman–Crippen MR) is 101 cm³/mol. The van der Waals surface area contributed by atoms with E-state index in [2.05, 4.69) is 11.4 Å². The predicted octanol–water partition coefficient (Wildman–Crippen LogP) is 3.30. The van der Waals surface area contributed by atoms with Crippen molar-refractivity contribution in [2.45, 2.75) is 26.7 Å². The van der Waals surface area contributed by atoms with Crippen LogP contribution in [0.5, 0.6) is 0 Å². The summed E-state index contributed by atoms with van der Waals surface area (Å²) in [5.41, 5.74) is 1.44. The van der Waals surface area contributed by atoms with Gasteiger partial charge in [0.05, 0.1) is 47.1 Å². The molecule has 0 aliphatic carbocycles. The van der Waals surface area contributed by atoms with Gasteiger partial charge in [-0.25, -0.2) is 4.79 Å². The van der Waals surface area contributed by atoms with Crippen molar-refractivity contribution in [3.05, 3.63) is 44.3 Å². The maximum atomic E-state index is 12.5. The lowest BCUT2D eigenvalue weighted by molar-refractivity contribution is -0.140. The number of allylic oxidation sites excluding steroid dienone is 2. The van der Waals surface area contributed by atoms with E-state index in [0.717, 1.165) is 4.88 Å². The zero-order chi connectivity index (χ0) is 19.1. The van der Waals surface area contributed by atoms with E-state index >= 15 is 0 Å². The van der Waals surface area contributed by atoms with Crippen LogP contribution in [0.3, 0.4) is 0 Å². The van der Waals surface area contributed by atoms with Crippen LogP contribution in [-0.2, 0) is 19.1 Å².